The smallest absolute Gasteiger partial charge is 0.339 e. The molecule has 2 rings (SSSR count). The molecule has 0 aromatic carbocycles. The molecular weight excluding hydrogens is 256 g/mol. The third kappa shape index (κ3) is 3.55. The Hall–Kier alpha value is -1.46. The van der Waals surface area contributed by atoms with E-state index < -0.39 is 0 Å². The first-order chi connectivity index (χ1) is 9.61. The van der Waals surface area contributed by atoms with Gasteiger partial charge in [0.1, 0.15) is 0 Å². The van der Waals surface area contributed by atoms with Crippen LogP contribution in [0.1, 0.15) is 41.7 Å². The number of carbonyl (C=O) groups excluding carboxylic acids is 1. The van der Waals surface area contributed by atoms with Crippen LogP contribution in [0.15, 0.2) is 18.3 Å². The average molecular weight is 278 g/mol. The van der Waals surface area contributed by atoms with Crippen LogP contribution < -0.4 is 0 Å². The van der Waals surface area contributed by atoms with Crippen molar-refractivity contribution in [1.82, 2.24) is 9.88 Å². The first-order valence-electron chi connectivity index (χ1n) is 7.03. The highest BCUT2D eigenvalue weighted by atomic mass is 16.5. The van der Waals surface area contributed by atoms with Crippen LogP contribution in [0, 0.1) is 0 Å². The summed E-state index contributed by atoms with van der Waals surface area (Å²) >= 11 is 0. The molecule has 1 aromatic heterocycles. The van der Waals surface area contributed by atoms with Gasteiger partial charge in [-0.2, -0.15) is 0 Å². The van der Waals surface area contributed by atoms with Gasteiger partial charge in [0.15, 0.2) is 0 Å². The lowest BCUT2D eigenvalue weighted by molar-refractivity contribution is 0.0283. The first kappa shape index (κ1) is 14.9. The van der Waals surface area contributed by atoms with Crippen molar-refractivity contribution in [2.75, 3.05) is 14.2 Å². The van der Waals surface area contributed by atoms with Gasteiger partial charge in [-0.05, 0) is 32.0 Å². The first-order valence-corrected chi connectivity index (χ1v) is 7.03. The maximum absolute atomic E-state index is 11.3. The lowest BCUT2D eigenvalue weighted by Crippen LogP contribution is -2.43. The van der Waals surface area contributed by atoms with E-state index in [4.69, 9.17) is 0 Å². The number of hydrogen-bond acceptors (Lipinski definition) is 5. The third-order valence-corrected chi connectivity index (χ3v) is 3.92. The molecule has 0 spiro atoms. The van der Waals surface area contributed by atoms with Gasteiger partial charge in [-0.1, -0.05) is 12.8 Å². The molecule has 2 unspecified atom stereocenters. The number of aromatic nitrogens is 1. The molecule has 5 heteroatoms. The Morgan fingerprint density at radius 1 is 1.45 bits per heavy atom. The van der Waals surface area contributed by atoms with E-state index in [1.807, 2.05) is 13.1 Å². The van der Waals surface area contributed by atoms with Gasteiger partial charge in [-0.3, -0.25) is 9.88 Å². The van der Waals surface area contributed by atoms with Crippen LogP contribution in [-0.4, -0.2) is 47.3 Å². The summed E-state index contributed by atoms with van der Waals surface area (Å²) in [6.45, 7) is 0.670. The zero-order chi connectivity index (χ0) is 14.5. The molecule has 1 heterocycles. The lowest BCUT2D eigenvalue weighted by atomic mass is 9.91. The summed E-state index contributed by atoms with van der Waals surface area (Å²) < 4.78 is 4.64. The van der Waals surface area contributed by atoms with Crippen LogP contribution in [0.3, 0.4) is 0 Å². The fourth-order valence-corrected chi connectivity index (χ4v) is 2.74. The van der Waals surface area contributed by atoms with Crippen molar-refractivity contribution in [1.29, 1.82) is 0 Å². The van der Waals surface area contributed by atoms with Gasteiger partial charge in [0.2, 0.25) is 0 Å². The minimum Gasteiger partial charge on any atom is -0.465 e. The minimum atomic E-state index is -0.375. The van der Waals surface area contributed by atoms with Crippen molar-refractivity contribution in [3.05, 3.63) is 29.6 Å². The molecule has 0 radical (unpaired) electrons. The minimum absolute atomic E-state index is 0.200. The molecule has 0 saturated heterocycles. The summed E-state index contributed by atoms with van der Waals surface area (Å²) in [6.07, 6.45) is 5.47. The summed E-state index contributed by atoms with van der Waals surface area (Å²) in [6, 6.07) is 3.75. The summed E-state index contributed by atoms with van der Waals surface area (Å²) in [5.41, 5.74) is 1.34. The second-order valence-corrected chi connectivity index (χ2v) is 5.36. The molecule has 0 amide bonds. The molecule has 20 heavy (non-hydrogen) atoms. The Labute approximate surface area is 119 Å². The second-order valence-electron chi connectivity index (χ2n) is 5.36. The summed E-state index contributed by atoms with van der Waals surface area (Å²) in [7, 11) is 3.36. The number of pyridine rings is 1. The van der Waals surface area contributed by atoms with Crippen LogP contribution in [0.25, 0.3) is 0 Å². The van der Waals surface area contributed by atoms with Crippen molar-refractivity contribution in [2.45, 2.75) is 44.4 Å². The van der Waals surface area contributed by atoms with Crippen LogP contribution in [0.5, 0.6) is 0 Å². The van der Waals surface area contributed by atoms with E-state index in [1.54, 1.807) is 6.07 Å². The molecule has 1 aromatic rings. The predicted octanol–water partition coefficient (Wildman–Crippen LogP) is 1.60. The molecule has 5 nitrogen and oxygen atoms in total. The summed E-state index contributed by atoms with van der Waals surface area (Å²) in [4.78, 5) is 17.8. The Bertz CT molecular complexity index is 447. The maximum Gasteiger partial charge on any atom is 0.339 e. The number of aliphatic hydroxyl groups excluding tert-OH is 1. The lowest BCUT2D eigenvalue weighted by Gasteiger charge is -2.35. The quantitative estimate of drug-likeness (QED) is 0.848. The largest absolute Gasteiger partial charge is 0.465 e. The number of esters is 1. The fourth-order valence-electron chi connectivity index (χ4n) is 2.74. The normalized spacial score (nSPS) is 22.8. The zero-order valence-electron chi connectivity index (χ0n) is 12.1. The van der Waals surface area contributed by atoms with E-state index in [1.165, 1.54) is 19.7 Å². The SMILES string of the molecule is COC(=O)c1ccc(CN(C)C2CCCCC2O)nc1. The van der Waals surface area contributed by atoms with E-state index >= 15 is 0 Å². The number of rotatable bonds is 4. The molecule has 0 bridgehead atoms. The van der Waals surface area contributed by atoms with Crippen molar-refractivity contribution in [3.63, 3.8) is 0 Å². The molecule has 2 atom stereocenters. The van der Waals surface area contributed by atoms with E-state index in [-0.39, 0.29) is 18.1 Å². The maximum atomic E-state index is 11.3. The average Bonchev–Trinajstić information content (AvgIpc) is 2.47. The topological polar surface area (TPSA) is 62.7 Å². The highest BCUT2D eigenvalue weighted by molar-refractivity contribution is 5.88. The predicted molar refractivity (Wildman–Crippen MR) is 75.3 cm³/mol. The van der Waals surface area contributed by atoms with Gasteiger partial charge in [-0.15, -0.1) is 0 Å². The van der Waals surface area contributed by atoms with Crippen molar-refractivity contribution in [3.8, 4) is 0 Å². The van der Waals surface area contributed by atoms with Crippen molar-refractivity contribution < 1.29 is 14.6 Å². The number of carbonyl (C=O) groups is 1. The second kappa shape index (κ2) is 6.81. The van der Waals surface area contributed by atoms with Gasteiger partial charge < -0.3 is 9.84 Å². The number of likely N-dealkylation sites (N-methyl/N-ethyl adjacent to an activating group) is 1. The van der Waals surface area contributed by atoms with Crippen LogP contribution >= 0.6 is 0 Å². The van der Waals surface area contributed by atoms with E-state index in [0.717, 1.165) is 25.0 Å². The monoisotopic (exact) mass is 278 g/mol. The summed E-state index contributed by atoms with van der Waals surface area (Å²) in [5, 5.41) is 10.0. The Balaban J connectivity index is 1.97. The zero-order valence-corrected chi connectivity index (χ0v) is 12.1. The fraction of sp³-hybridized carbons (Fsp3) is 0.600. The molecule has 1 aliphatic carbocycles. The van der Waals surface area contributed by atoms with Gasteiger partial charge in [0.25, 0.3) is 0 Å². The highest BCUT2D eigenvalue weighted by Crippen LogP contribution is 2.23. The standard InChI is InChI=1S/C15H22N2O3/c1-17(13-5-3-4-6-14(13)18)10-12-8-7-11(9-16-12)15(19)20-2/h7-9,13-14,18H,3-6,10H2,1-2H3. The number of ether oxygens (including phenoxy) is 1. The number of aliphatic hydroxyl groups is 1. The van der Waals surface area contributed by atoms with Crippen LogP contribution in [0.2, 0.25) is 0 Å². The molecular formula is C15H22N2O3. The van der Waals surface area contributed by atoms with Crippen LogP contribution in [0.4, 0.5) is 0 Å². The molecule has 0 aliphatic heterocycles. The highest BCUT2D eigenvalue weighted by Gasteiger charge is 2.26. The Morgan fingerprint density at radius 3 is 2.80 bits per heavy atom. The number of hydrogen-bond donors (Lipinski definition) is 1. The third-order valence-electron chi connectivity index (χ3n) is 3.92. The van der Waals surface area contributed by atoms with Crippen molar-refractivity contribution in [2.24, 2.45) is 0 Å². The van der Waals surface area contributed by atoms with Gasteiger partial charge in [0.05, 0.1) is 24.5 Å². The van der Waals surface area contributed by atoms with Gasteiger partial charge in [0, 0.05) is 18.8 Å². The van der Waals surface area contributed by atoms with E-state index in [2.05, 4.69) is 14.6 Å². The van der Waals surface area contributed by atoms with E-state index in [0.29, 0.717) is 12.1 Å². The molecule has 1 N–H and O–H groups in total. The Morgan fingerprint density at radius 2 is 2.20 bits per heavy atom. The van der Waals surface area contributed by atoms with Gasteiger partial charge in [-0.25, -0.2) is 4.79 Å². The van der Waals surface area contributed by atoms with Crippen molar-refractivity contribution >= 4 is 5.97 Å². The number of nitrogens with zero attached hydrogens (tertiary/aromatic N) is 2. The van der Waals surface area contributed by atoms with Gasteiger partial charge >= 0.3 is 5.97 Å². The Kier molecular flexibility index (Phi) is 5.09. The summed E-state index contributed by atoms with van der Waals surface area (Å²) in [5.74, 6) is -0.375. The molecule has 110 valence electrons. The van der Waals surface area contributed by atoms with Crippen LogP contribution in [-0.2, 0) is 11.3 Å². The molecule has 1 fully saturated rings. The molecule has 1 saturated carbocycles. The van der Waals surface area contributed by atoms with E-state index in [9.17, 15) is 9.90 Å². The number of methoxy groups -OCH3 is 1. The molecule has 1 aliphatic rings.